The summed E-state index contributed by atoms with van der Waals surface area (Å²) >= 11 is 0. The highest BCUT2D eigenvalue weighted by Crippen LogP contribution is 2.25. The smallest absolute Gasteiger partial charge is 0.269 e. The number of non-ortho nitro benzene ring substituents is 1. The summed E-state index contributed by atoms with van der Waals surface area (Å²) in [6.45, 7) is 0. The van der Waals surface area contributed by atoms with Crippen LogP contribution in [-0.4, -0.2) is 22.8 Å². The molecular formula is C23H19N2O5-. The first-order valence-electron chi connectivity index (χ1n) is 9.30. The zero-order valence-electron chi connectivity index (χ0n) is 15.9. The van der Waals surface area contributed by atoms with Gasteiger partial charge in [-0.05, 0) is 23.1 Å². The quantitative estimate of drug-likeness (QED) is 0.458. The maximum atomic E-state index is 13.1. The van der Waals surface area contributed by atoms with Crippen LogP contribution in [0.1, 0.15) is 22.6 Å². The molecule has 3 rings (SSSR count). The molecule has 3 aromatic rings. The minimum absolute atomic E-state index is 0.0532. The van der Waals surface area contributed by atoms with E-state index in [2.05, 4.69) is 5.32 Å². The average molecular weight is 403 g/mol. The van der Waals surface area contributed by atoms with Gasteiger partial charge in [0.1, 0.15) is 0 Å². The number of carboxylic acid groups (broad SMARTS) is 1. The number of nitro groups is 1. The van der Waals surface area contributed by atoms with E-state index in [4.69, 9.17) is 0 Å². The number of hydrogen-bond acceptors (Lipinski definition) is 5. The fraction of sp³-hybridized carbons (Fsp3) is 0.130. The number of carboxylic acids is 1. The fourth-order valence-electron chi connectivity index (χ4n) is 3.22. The molecule has 7 nitrogen and oxygen atoms in total. The first kappa shape index (κ1) is 20.7. The van der Waals surface area contributed by atoms with Crippen molar-refractivity contribution in [2.24, 2.45) is 0 Å². The van der Waals surface area contributed by atoms with Crippen LogP contribution in [0.4, 0.5) is 5.69 Å². The van der Waals surface area contributed by atoms with Crippen molar-refractivity contribution in [3.8, 4) is 0 Å². The molecule has 0 bridgehead atoms. The van der Waals surface area contributed by atoms with Crippen LogP contribution in [-0.2, 0) is 16.0 Å². The molecule has 1 atom stereocenters. The van der Waals surface area contributed by atoms with Crippen molar-refractivity contribution in [3.63, 3.8) is 0 Å². The van der Waals surface area contributed by atoms with E-state index in [1.54, 1.807) is 0 Å². The molecule has 30 heavy (non-hydrogen) atoms. The Balaban J connectivity index is 1.83. The van der Waals surface area contributed by atoms with Gasteiger partial charge < -0.3 is 15.2 Å². The molecule has 3 aromatic carbocycles. The Morgan fingerprint density at radius 3 is 1.77 bits per heavy atom. The van der Waals surface area contributed by atoms with Gasteiger partial charge in [-0.2, -0.15) is 0 Å². The van der Waals surface area contributed by atoms with Crippen LogP contribution in [0.25, 0.3) is 0 Å². The zero-order chi connectivity index (χ0) is 21.5. The largest absolute Gasteiger partial charge is 0.548 e. The van der Waals surface area contributed by atoms with Crippen LogP contribution in [0.15, 0.2) is 84.9 Å². The maximum Gasteiger partial charge on any atom is 0.269 e. The maximum absolute atomic E-state index is 13.1. The standard InChI is InChI=1S/C23H20N2O5/c26-22(21(17-7-3-1-4-8-17)18-9-5-2-6-10-18)24-20(23(27)28)15-16-11-13-19(14-12-16)25(29)30/h1-14,20-21H,15H2,(H,24,26)(H,27,28)/p-1/t20-/m0/s1. The van der Waals surface area contributed by atoms with Gasteiger partial charge in [0.2, 0.25) is 5.91 Å². The SMILES string of the molecule is O=C(N[C@@H](Cc1ccc([N+](=O)[O-])cc1)C(=O)[O-])C(c1ccccc1)c1ccccc1. The number of hydrogen-bond donors (Lipinski definition) is 1. The van der Waals surface area contributed by atoms with Gasteiger partial charge in [-0.1, -0.05) is 72.8 Å². The van der Waals surface area contributed by atoms with Gasteiger partial charge in [0.15, 0.2) is 0 Å². The van der Waals surface area contributed by atoms with Gasteiger partial charge in [-0.25, -0.2) is 0 Å². The highest BCUT2D eigenvalue weighted by molar-refractivity contribution is 5.90. The Hall–Kier alpha value is -4.00. The minimum atomic E-state index is -1.43. The number of carbonyl (C=O) groups excluding carboxylic acids is 2. The van der Waals surface area contributed by atoms with E-state index < -0.39 is 28.8 Å². The van der Waals surface area contributed by atoms with Gasteiger partial charge in [0, 0.05) is 12.1 Å². The van der Waals surface area contributed by atoms with Gasteiger partial charge in [0.05, 0.1) is 22.9 Å². The summed E-state index contributed by atoms with van der Waals surface area (Å²) in [5, 5.41) is 25.0. The lowest BCUT2D eigenvalue weighted by molar-refractivity contribution is -0.384. The molecule has 0 aliphatic rings. The molecule has 0 radical (unpaired) electrons. The van der Waals surface area contributed by atoms with Crippen molar-refractivity contribution in [3.05, 3.63) is 112 Å². The monoisotopic (exact) mass is 403 g/mol. The fourth-order valence-corrected chi connectivity index (χ4v) is 3.22. The van der Waals surface area contributed by atoms with Crippen LogP contribution in [0.3, 0.4) is 0 Å². The molecule has 7 heteroatoms. The van der Waals surface area contributed by atoms with Crippen molar-refractivity contribution >= 4 is 17.6 Å². The Kier molecular flexibility index (Phi) is 6.54. The summed E-state index contributed by atoms with van der Waals surface area (Å²) in [4.78, 5) is 35.0. The van der Waals surface area contributed by atoms with E-state index in [0.29, 0.717) is 5.56 Å². The third-order valence-electron chi connectivity index (χ3n) is 4.72. The van der Waals surface area contributed by atoms with Gasteiger partial charge in [0.25, 0.3) is 5.69 Å². The molecule has 0 fully saturated rings. The topological polar surface area (TPSA) is 112 Å². The van der Waals surface area contributed by atoms with E-state index in [1.807, 2.05) is 60.7 Å². The molecule has 0 aliphatic heterocycles. The molecule has 1 N–H and O–H groups in total. The second kappa shape index (κ2) is 9.47. The lowest BCUT2D eigenvalue weighted by Gasteiger charge is -2.24. The number of carbonyl (C=O) groups is 2. The molecule has 0 spiro atoms. The third kappa shape index (κ3) is 5.08. The summed E-state index contributed by atoms with van der Waals surface area (Å²) in [6, 6.07) is 22.4. The Morgan fingerprint density at radius 2 is 1.33 bits per heavy atom. The van der Waals surface area contributed by atoms with Crippen LogP contribution in [0.2, 0.25) is 0 Å². The highest BCUT2D eigenvalue weighted by atomic mass is 16.6. The molecule has 0 heterocycles. The molecule has 0 unspecified atom stereocenters. The van der Waals surface area contributed by atoms with Gasteiger partial charge in [-0.3, -0.25) is 14.9 Å². The minimum Gasteiger partial charge on any atom is -0.548 e. The summed E-state index contributed by atoms with van der Waals surface area (Å²) in [5.41, 5.74) is 1.90. The van der Waals surface area contributed by atoms with Crippen molar-refractivity contribution in [1.29, 1.82) is 0 Å². The summed E-state index contributed by atoms with van der Waals surface area (Å²) < 4.78 is 0. The van der Waals surface area contributed by atoms with Crippen molar-refractivity contribution in [1.82, 2.24) is 5.32 Å². The van der Waals surface area contributed by atoms with Crippen LogP contribution in [0, 0.1) is 10.1 Å². The summed E-state index contributed by atoms with van der Waals surface area (Å²) in [7, 11) is 0. The van der Waals surface area contributed by atoms with Gasteiger partial charge >= 0.3 is 0 Å². The molecule has 0 saturated carbocycles. The average Bonchev–Trinajstić information content (AvgIpc) is 2.75. The van der Waals surface area contributed by atoms with Crippen LogP contribution in [0.5, 0.6) is 0 Å². The first-order chi connectivity index (χ1) is 14.5. The molecule has 0 aliphatic carbocycles. The van der Waals surface area contributed by atoms with Crippen LogP contribution >= 0.6 is 0 Å². The predicted octanol–water partition coefficient (Wildman–Crippen LogP) is 2.20. The second-order valence-electron chi connectivity index (χ2n) is 6.76. The van der Waals surface area contributed by atoms with Gasteiger partial charge in [-0.15, -0.1) is 0 Å². The number of nitrogens with zero attached hydrogens (tertiary/aromatic N) is 1. The van der Waals surface area contributed by atoms with Crippen molar-refractivity contribution in [2.75, 3.05) is 0 Å². The molecule has 1 amide bonds. The number of amides is 1. The number of nitro benzene ring substituents is 1. The molecule has 0 saturated heterocycles. The third-order valence-corrected chi connectivity index (χ3v) is 4.72. The zero-order valence-corrected chi connectivity index (χ0v) is 15.9. The van der Waals surface area contributed by atoms with E-state index in [-0.39, 0.29) is 12.1 Å². The summed E-state index contributed by atoms with van der Waals surface area (Å²) in [5.74, 6) is -2.59. The van der Waals surface area contributed by atoms with E-state index >= 15 is 0 Å². The van der Waals surface area contributed by atoms with E-state index in [0.717, 1.165) is 11.1 Å². The first-order valence-corrected chi connectivity index (χ1v) is 9.30. The lowest BCUT2D eigenvalue weighted by Crippen LogP contribution is -2.50. The Bertz CT molecular complexity index is 981. The normalized spacial score (nSPS) is 11.6. The number of rotatable bonds is 8. The number of aliphatic carboxylic acids is 1. The highest BCUT2D eigenvalue weighted by Gasteiger charge is 2.25. The van der Waals surface area contributed by atoms with Crippen LogP contribution < -0.4 is 10.4 Å². The summed E-state index contributed by atoms with van der Waals surface area (Å²) in [6.07, 6.45) is -0.0532. The molecule has 0 aromatic heterocycles. The predicted molar refractivity (Wildman–Crippen MR) is 108 cm³/mol. The molecular weight excluding hydrogens is 384 g/mol. The molecule has 152 valence electrons. The Morgan fingerprint density at radius 1 is 0.833 bits per heavy atom. The number of benzene rings is 3. The lowest BCUT2D eigenvalue weighted by atomic mass is 9.90. The van der Waals surface area contributed by atoms with E-state index in [1.165, 1.54) is 24.3 Å². The Labute approximate surface area is 173 Å². The second-order valence-corrected chi connectivity index (χ2v) is 6.76. The van der Waals surface area contributed by atoms with Crippen molar-refractivity contribution in [2.45, 2.75) is 18.4 Å². The van der Waals surface area contributed by atoms with Crippen molar-refractivity contribution < 1.29 is 19.6 Å². The van der Waals surface area contributed by atoms with E-state index in [9.17, 15) is 24.8 Å². The number of nitrogens with one attached hydrogen (secondary N) is 1.